The number of hydrogen-bond acceptors (Lipinski definition) is 2. The fraction of sp³-hybridized carbons (Fsp3) is 0.533. The highest BCUT2D eigenvalue weighted by atomic mass is 16.4. The van der Waals surface area contributed by atoms with Gasteiger partial charge in [-0.25, -0.2) is 0 Å². The fourth-order valence-corrected chi connectivity index (χ4v) is 1.74. The molecule has 0 fully saturated rings. The SMILES string of the molecule is CC(C)CCC(C)(NCc1ccccc1)C(=O)O. The van der Waals surface area contributed by atoms with Gasteiger partial charge in [0.15, 0.2) is 0 Å². The van der Waals surface area contributed by atoms with Crippen LogP contribution in [-0.2, 0) is 11.3 Å². The highest BCUT2D eigenvalue weighted by Crippen LogP contribution is 2.17. The van der Waals surface area contributed by atoms with Crippen LogP contribution >= 0.6 is 0 Å². The van der Waals surface area contributed by atoms with Gasteiger partial charge in [0.25, 0.3) is 0 Å². The van der Waals surface area contributed by atoms with Crippen LogP contribution in [0.3, 0.4) is 0 Å². The van der Waals surface area contributed by atoms with Gasteiger partial charge in [-0.15, -0.1) is 0 Å². The highest BCUT2D eigenvalue weighted by Gasteiger charge is 2.32. The zero-order valence-electron chi connectivity index (χ0n) is 11.4. The van der Waals surface area contributed by atoms with E-state index in [1.807, 2.05) is 30.3 Å². The van der Waals surface area contributed by atoms with Crippen molar-refractivity contribution in [3.05, 3.63) is 35.9 Å². The third-order valence-corrected chi connectivity index (χ3v) is 3.22. The molecule has 0 saturated carbocycles. The average Bonchev–Trinajstić information content (AvgIpc) is 2.35. The maximum atomic E-state index is 11.4. The minimum Gasteiger partial charge on any atom is -0.480 e. The summed E-state index contributed by atoms with van der Waals surface area (Å²) in [6.45, 7) is 6.57. The fourth-order valence-electron chi connectivity index (χ4n) is 1.74. The van der Waals surface area contributed by atoms with Crippen molar-refractivity contribution < 1.29 is 9.90 Å². The molecule has 3 nitrogen and oxygen atoms in total. The highest BCUT2D eigenvalue weighted by molar-refractivity contribution is 5.78. The van der Waals surface area contributed by atoms with Gasteiger partial charge in [0.05, 0.1) is 0 Å². The Morgan fingerprint density at radius 3 is 2.44 bits per heavy atom. The summed E-state index contributed by atoms with van der Waals surface area (Å²) in [4.78, 5) is 11.4. The van der Waals surface area contributed by atoms with Crippen molar-refractivity contribution in [2.75, 3.05) is 0 Å². The number of rotatable bonds is 7. The van der Waals surface area contributed by atoms with Crippen molar-refractivity contribution >= 4 is 5.97 Å². The Balaban J connectivity index is 2.60. The molecule has 1 aromatic carbocycles. The second-order valence-corrected chi connectivity index (χ2v) is 5.41. The molecule has 0 spiro atoms. The predicted octanol–water partition coefficient (Wildman–Crippen LogP) is 3.06. The van der Waals surface area contributed by atoms with Gasteiger partial charge in [0.2, 0.25) is 0 Å². The predicted molar refractivity (Wildman–Crippen MR) is 73.4 cm³/mol. The Kier molecular flexibility index (Phi) is 5.35. The summed E-state index contributed by atoms with van der Waals surface area (Å²) in [5, 5.41) is 12.5. The van der Waals surface area contributed by atoms with Crippen molar-refractivity contribution in [1.29, 1.82) is 0 Å². The molecule has 0 aliphatic rings. The summed E-state index contributed by atoms with van der Waals surface area (Å²) in [5.74, 6) is -0.263. The van der Waals surface area contributed by atoms with Crippen molar-refractivity contribution in [3.63, 3.8) is 0 Å². The van der Waals surface area contributed by atoms with Crippen molar-refractivity contribution in [2.45, 2.75) is 45.7 Å². The molecule has 0 aliphatic heterocycles. The number of hydrogen-bond donors (Lipinski definition) is 2. The van der Waals surface area contributed by atoms with Gasteiger partial charge >= 0.3 is 5.97 Å². The Morgan fingerprint density at radius 1 is 1.33 bits per heavy atom. The van der Waals surface area contributed by atoms with E-state index in [1.54, 1.807) is 6.92 Å². The van der Waals surface area contributed by atoms with Crippen LogP contribution in [0.4, 0.5) is 0 Å². The van der Waals surface area contributed by atoms with E-state index in [2.05, 4.69) is 19.2 Å². The first-order chi connectivity index (χ1) is 8.44. The Morgan fingerprint density at radius 2 is 1.94 bits per heavy atom. The maximum absolute atomic E-state index is 11.4. The van der Waals surface area contributed by atoms with Gasteiger partial charge in [-0.3, -0.25) is 10.1 Å². The van der Waals surface area contributed by atoms with E-state index in [-0.39, 0.29) is 0 Å². The topological polar surface area (TPSA) is 49.3 Å². The van der Waals surface area contributed by atoms with Crippen LogP contribution in [0.15, 0.2) is 30.3 Å². The van der Waals surface area contributed by atoms with Crippen LogP contribution in [-0.4, -0.2) is 16.6 Å². The molecular formula is C15H23NO2. The molecule has 100 valence electrons. The smallest absolute Gasteiger partial charge is 0.323 e. The van der Waals surface area contributed by atoms with E-state index in [0.29, 0.717) is 18.9 Å². The molecule has 2 N–H and O–H groups in total. The molecule has 0 bridgehead atoms. The maximum Gasteiger partial charge on any atom is 0.323 e. The monoisotopic (exact) mass is 249 g/mol. The van der Waals surface area contributed by atoms with Gasteiger partial charge in [-0.05, 0) is 31.2 Å². The molecule has 0 aliphatic carbocycles. The van der Waals surface area contributed by atoms with E-state index >= 15 is 0 Å². The Bertz CT molecular complexity index is 375. The average molecular weight is 249 g/mol. The number of benzene rings is 1. The molecule has 0 amide bonds. The Hall–Kier alpha value is -1.35. The molecular weight excluding hydrogens is 226 g/mol. The summed E-state index contributed by atoms with van der Waals surface area (Å²) in [6, 6.07) is 9.88. The van der Waals surface area contributed by atoms with Crippen molar-refractivity contribution in [3.8, 4) is 0 Å². The minimum absolute atomic E-state index is 0.516. The lowest BCUT2D eigenvalue weighted by Crippen LogP contribution is -2.49. The van der Waals surface area contributed by atoms with E-state index in [4.69, 9.17) is 0 Å². The van der Waals surface area contributed by atoms with Crippen LogP contribution in [0.25, 0.3) is 0 Å². The molecule has 18 heavy (non-hydrogen) atoms. The molecule has 1 unspecified atom stereocenters. The second-order valence-electron chi connectivity index (χ2n) is 5.41. The number of carboxylic acids is 1. The van der Waals surface area contributed by atoms with Gasteiger partial charge < -0.3 is 5.11 Å². The molecule has 1 atom stereocenters. The van der Waals surface area contributed by atoms with E-state index in [9.17, 15) is 9.90 Å². The van der Waals surface area contributed by atoms with Crippen LogP contribution in [0, 0.1) is 5.92 Å². The summed E-state index contributed by atoms with van der Waals surface area (Å²) >= 11 is 0. The first-order valence-electron chi connectivity index (χ1n) is 6.46. The molecule has 0 aromatic heterocycles. The zero-order chi connectivity index (χ0) is 13.6. The van der Waals surface area contributed by atoms with E-state index in [0.717, 1.165) is 12.0 Å². The van der Waals surface area contributed by atoms with Crippen LogP contribution in [0.1, 0.15) is 39.2 Å². The van der Waals surface area contributed by atoms with E-state index in [1.165, 1.54) is 0 Å². The summed E-state index contributed by atoms with van der Waals surface area (Å²) in [5.41, 5.74) is 0.259. The van der Waals surface area contributed by atoms with Gasteiger partial charge in [-0.1, -0.05) is 44.2 Å². The molecule has 3 heteroatoms. The minimum atomic E-state index is -0.847. The lowest BCUT2D eigenvalue weighted by atomic mass is 9.91. The number of aliphatic carboxylic acids is 1. The van der Waals surface area contributed by atoms with Crippen LogP contribution in [0.5, 0.6) is 0 Å². The molecule has 1 rings (SSSR count). The zero-order valence-corrected chi connectivity index (χ0v) is 11.4. The standard InChI is InChI=1S/C15H23NO2/c1-12(2)9-10-15(3,14(17)18)16-11-13-7-5-4-6-8-13/h4-8,12,16H,9-11H2,1-3H3,(H,17,18). The largest absolute Gasteiger partial charge is 0.480 e. The first-order valence-corrected chi connectivity index (χ1v) is 6.46. The molecule has 1 aromatic rings. The third-order valence-electron chi connectivity index (χ3n) is 3.22. The van der Waals surface area contributed by atoms with Gasteiger partial charge in [-0.2, -0.15) is 0 Å². The quantitative estimate of drug-likeness (QED) is 0.781. The summed E-state index contributed by atoms with van der Waals surface area (Å²) < 4.78 is 0. The summed E-state index contributed by atoms with van der Waals surface area (Å²) in [6.07, 6.45) is 1.55. The van der Waals surface area contributed by atoms with Crippen LogP contribution < -0.4 is 5.32 Å². The van der Waals surface area contributed by atoms with Gasteiger partial charge in [0.1, 0.15) is 5.54 Å². The third kappa shape index (κ3) is 4.49. The van der Waals surface area contributed by atoms with Gasteiger partial charge in [0, 0.05) is 6.54 Å². The lowest BCUT2D eigenvalue weighted by Gasteiger charge is -2.27. The molecule has 0 heterocycles. The number of carboxylic acid groups (broad SMARTS) is 1. The van der Waals surface area contributed by atoms with Crippen molar-refractivity contribution in [2.24, 2.45) is 5.92 Å². The first kappa shape index (κ1) is 14.7. The normalized spacial score (nSPS) is 14.4. The van der Waals surface area contributed by atoms with E-state index < -0.39 is 11.5 Å². The molecule has 0 saturated heterocycles. The summed E-state index contributed by atoms with van der Waals surface area (Å²) in [7, 11) is 0. The Labute approximate surface area is 109 Å². The number of nitrogens with one attached hydrogen (secondary N) is 1. The second kappa shape index (κ2) is 6.55. The van der Waals surface area contributed by atoms with Crippen molar-refractivity contribution in [1.82, 2.24) is 5.32 Å². The molecule has 0 radical (unpaired) electrons. The number of carbonyl (C=O) groups is 1. The lowest BCUT2D eigenvalue weighted by molar-refractivity contribution is -0.144. The van der Waals surface area contributed by atoms with Crippen LogP contribution in [0.2, 0.25) is 0 Å².